The molecule has 2 aliphatic rings. The lowest BCUT2D eigenvalue weighted by molar-refractivity contribution is -0.119. The minimum atomic E-state index is -0.0756. The Morgan fingerprint density at radius 1 is 1.27 bits per heavy atom. The van der Waals surface area contributed by atoms with Crippen LogP contribution in [0.15, 0.2) is 5.16 Å². The monoisotopic (exact) mass is 382 g/mol. The highest BCUT2D eigenvalue weighted by Gasteiger charge is 2.28. The highest BCUT2D eigenvalue weighted by atomic mass is 32.2. The lowest BCUT2D eigenvalue weighted by atomic mass is 9.96. The minimum Gasteiger partial charge on any atom is -0.379 e. The number of tetrazole rings is 1. The maximum Gasteiger partial charge on any atom is 0.230 e. The molecule has 0 atom stereocenters. The zero-order valence-electron chi connectivity index (χ0n) is 15.8. The molecular formula is C17H30N6O2S. The molecule has 1 aliphatic carbocycles. The summed E-state index contributed by atoms with van der Waals surface area (Å²) in [6.45, 7) is 8.29. The molecule has 1 aliphatic heterocycles. The van der Waals surface area contributed by atoms with Gasteiger partial charge in [0.25, 0.3) is 0 Å². The summed E-state index contributed by atoms with van der Waals surface area (Å²) in [5.41, 5.74) is -0.0756. The summed E-state index contributed by atoms with van der Waals surface area (Å²) in [4.78, 5) is 14.7. The number of hydrogen-bond acceptors (Lipinski definition) is 7. The summed E-state index contributed by atoms with van der Waals surface area (Å²) >= 11 is 1.42. The van der Waals surface area contributed by atoms with Gasteiger partial charge in [-0.05, 0) is 37.1 Å². The second kappa shape index (κ2) is 9.14. The van der Waals surface area contributed by atoms with E-state index in [1.54, 1.807) is 0 Å². The Bertz CT molecular complexity index is 582. The van der Waals surface area contributed by atoms with E-state index in [4.69, 9.17) is 4.74 Å². The van der Waals surface area contributed by atoms with E-state index in [1.807, 2.05) is 4.68 Å². The molecule has 0 spiro atoms. The van der Waals surface area contributed by atoms with Crippen molar-refractivity contribution in [3.05, 3.63) is 0 Å². The first-order chi connectivity index (χ1) is 12.6. The molecule has 1 saturated carbocycles. The minimum absolute atomic E-state index is 0.0227. The van der Waals surface area contributed by atoms with Crippen molar-refractivity contribution in [3.8, 4) is 0 Å². The summed E-state index contributed by atoms with van der Waals surface area (Å²) in [7, 11) is 0. The van der Waals surface area contributed by atoms with Crippen LogP contribution < -0.4 is 5.32 Å². The van der Waals surface area contributed by atoms with Crippen LogP contribution in [-0.2, 0) is 9.53 Å². The molecule has 1 aromatic heterocycles. The summed E-state index contributed by atoms with van der Waals surface area (Å²) < 4.78 is 7.32. The van der Waals surface area contributed by atoms with E-state index in [1.165, 1.54) is 31.0 Å². The summed E-state index contributed by atoms with van der Waals surface area (Å²) in [6.07, 6.45) is 6.00. The number of ether oxygens (including phenoxy) is 1. The van der Waals surface area contributed by atoms with Crippen LogP contribution in [0.5, 0.6) is 0 Å². The number of rotatable bonds is 7. The normalized spacial score (nSPS) is 20.2. The lowest BCUT2D eigenvalue weighted by Crippen LogP contribution is -2.55. The highest BCUT2D eigenvalue weighted by Crippen LogP contribution is 2.30. The zero-order chi connectivity index (χ0) is 18.4. The van der Waals surface area contributed by atoms with Crippen molar-refractivity contribution in [2.45, 2.75) is 62.7 Å². The van der Waals surface area contributed by atoms with E-state index in [-0.39, 0.29) is 11.4 Å². The van der Waals surface area contributed by atoms with E-state index >= 15 is 0 Å². The van der Waals surface area contributed by atoms with Crippen molar-refractivity contribution in [1.82, 2.24) is 30.4 Å². The average Bonchev–Trinajstić information content (AvgIpc) is 3.15. The Morgan fingerprint density at radius 3 is 2.73 bits per heavy atom. The zero-order valence-corrected chi connectivity index (χ0v) is 16.6. The molecule has 0 radical (unpaired) electrons. The summed E-state index contributed by atoms with van der Waals surface area (Å²) in [6, 6.07) is 0.379. The van der Waals surface area contributed by atoms with E-state index in [9.17, 15) is 4.79 Å². The van der Waals surface area contributed by atoms with E-state index in [0.717, 1.165) is 44.3 Å². The van der Waals surface area contributed by atoms with Crippen LogP contribution in [0.1, 0.15) is 52.0 Å². The van der Waals surface area contributed by atoms with Crippen LogP contribution in [0.2, 0.25) is 0 Å². The number of aromatic nitrogens is 4. The summed E-state index contributed by atoms with van der Waals surface area (Å²) in [5.74, 6) is 0.362. The molecule has 0 aromatic carbocycles. The Kier molecular flexibility index (Phi) is 6.88. The van der Waals surface area contributed by atoms with Gasteiger partial charge in [0.15, 0.2) is 0 Å². The first-order valence-electron chi connectivity index (χ1n) is 9.56. The van der Waals surface area contributed by atoms with Crippen molar-refractivity contribution in [1.29, 1.82) is 0 Å². The van der Waals surface area contributed by atoms with Gasteiger partial charge in [0.05, 0.1) is 25.0 Å². The van der Waals surface area contributed by atoms with E-state index in [2.05, 4.69) is 39.6 Å². The van der Waals surface area contributed by atoms with Crippen LogP contribution in [0.25, 0.3) is 0 Å². The van der Waals surface area contributed by atoms with Crippen molar-refractivity contribution in [2.24, 2.45) is 0 Å². The lowest BCUT2D eigenvalue weighted by Gasteiger charge is -2.40. The molecule has 0 bridgehead atoms. The first kappa shape index (κ1) is 19.6. The third-order valence-corrected chi connectivity index (χ3v) is 6.23. The predicted octanol–water partition coefficient (Wildman–Crippen LogP) is 1.50. The molecule has 1 aromatic rings. The third-order valence-electron chi connectivity index (χ3n) is 5.30. The molecule has 9 heteroatoms. The van der Waals surface area contributed by atoms with Crippen LogP contribution in [-0.4, -0.2) is 75.2 Å². The maximum atomic E-state index is 12.3. The van der Waals surface area contributed by atoms with Gasteiger partial charge in [0, 0.05) is 25.2 Å². The molecule has 146 valence electrons. The van der Waals surface area contributed by atoms with Crippen molar-refractivity contribution < 1.29 is 9.53 Å². The standard InChI is InChI=1S/C17H30N6O2S/c1-17(2,22-8-10-25-11-9-22)13-18-15(24)12-26-16-19-20-21-23(16)14-6-4-3-5-7-14/h14H,3-13H2,1-2H3,(H,18,24). The molecule has 0 unspecified atom stereocenters. The third kappa shape index (κ3) is 5.17. The second-order valence-corrected chi connectivity index (χ2v) is 8.62. The van der Waals surface area contributed by atoms with Crippen molar-refractivity contribution in [3.63, 3.8) is 0 Å². The maximum absolute atomic E-state index is 12.3. The molecule has 3 rings (SSSR count). The van der Waals surface area contributed by atoms with Crippen molar-refractivity contribution in [2.75, 3.05) is 38.6 Å². The van der Waals surface area contributed by atoms with Gasteiger partial charge in [-0.1, -0.05) is 31.0 Å². The highest BCUT2D eigenvalue weighted by molar-refractivity contribution is 7.99. The van der Waals surface area contributed by atoms with Gasteiger partial charge in [-0.3, -0.25) is 9.69 Å². The van der Waals surface area contributed by atoms with E-state index in [0.29, 0.717) is 18.3 Å². The van der Waals surface area contributed by atoms with Crippen LogP contribution in [0.4, 0.5) is 0 Å². The number of carbonyl (C=O) groups excluding carboxylic acids is 1. The SMILES string of the molecule is CC(C)(CNC(=O)CSc1nnnn1C1CCCCC1)N1CCOCC1. The van der Waals surface area contributed by atoms with Crippen LogP contribution in [0, 0.1) is 0 Å². The topological polar surface area (TPSA) is 85.2 Å². The van der Waals surface area contributed by atoms with E-state index < -0.39 is 0 Å². The quantitative estimate of drug-likeness (QED) is 0.715. The number of nitrogens with one attached hydrogen (secondary N) is 1. The molecule has 1 saturated heterocycles. The van der Waals surface area contributed by atoms with Crippen LogP contribution in [0.3, 0.4) is 0 Å². The number of hydrogen-bond donors (Lipinski definition) is 1. The number of nitrogens with zero attached hydrogens (tertiary/aromatic N) is 5. The number of morpholine rings is 1. The molecule has 2 fully saturated rings. The first-order valence-corrected chi connectivity index (χ1v) is 10.5. The van der Waals surface area contributed by atoms with Gasteiger partial charge >= 0.3 is 0 Å². The molecule has 1 amide bonds. The number of thioether (sulfide) groups is 1. The summed E-state index contributed by atoms with van der Waals surface area (Å²) in [5, 5.41) is 15.9. The van der Waals surface area contributed by atoms with Crippen LogP contribution >= 0.6 is 11.8 Å². The fourth-order valence-corrected chi connectivity index (χ4v) is 4.39. The van der Waals surface area contributed by atoms with Gasteiger partial charge in [-0.2, -0.15) is 0 Å². The van der Waals surface area contributed by atoms with Gasteiger partial charge in [0.2, 0.25) is 11.1 Å². The molecule has 1 N–H and O–H groups in total. The predicted molar refractivity (Wildman–Crippen MR) is 100 cm³/mol. The molecule has 26 heavy (non-hydrogen) atoms. The smallest absolute Gasteiger partial charge is 0.230 e. The Balaban J connectivity index is 1.45. The Hall–Kier alpha value is -1.19. The van der Waals surface area contributed by atoms with Crippen molar-refractivity contribution >= 4 is 17.7 Å². The van der Waals surface area contributed by atoms with Gasteiger partial charge in [-0.15, -0.1) is 5.10 Å². The van der Waals surface area contributed by atoms with Gasteiger partial charge in [-0.25, -0.2) is 4.68 Å². The Labute approximate surface area is 159 Å². The average molecular weight is 383 g/mol. The molecule has 8 nitrogen and oxygen atoms in total. The van der Waals surface area contributed by atoms with Gasteiger partial charge < -0.3 is 10.1 Å². The number of amides is 1. The molecule has 2 heterocycles. The van der Waals surface area contributed by atoms with Gasteiger partial charge in [0.1, 0.15) is 0 Å². The second-order valence-electron chi connectivity index (χ2n) is 7.68. The fraction of sp³-hybridized carbons (Fsp3) is 0.882. The molecular weight excluding hydrogens is 352 g/mol. The largest absolute Gasteiger partial charge is 0.379 e. The Morgan fingerprint density at radius 2 is 2.00 bits per heavy atom. The fourth-order valence-electron chi connectivity index (χ4n) is 3.61. The number of carbonyl (C=O) groups is 1.